The molecule has 2 aliphatic heterocycles. The SMILES string of the molecule is CN1CCCCC1COc1ccc(-c2nc3ccc(-c4ccc5c(c4)N=C(c4ccc(O)cc4)C5)cc3[nH]2)cc1. The smallest absolute Gasteiger partial charge is 0.138 e. The number of nitrogens with zero attached hydrogens (tertiary/aromatic N) is 3. The number of aromatic hydroxyl groups is 1. The zero-order chi connectivity index (χ0) is 27.1. The largest absolute Gasteiger partial charge is 0.508 e. The van der Waals surface area contributed by atoms with Crippen molar-refractivity contribution >= 4 is 22.4 Å². The molecule has 0 spiro atoms. The number of hydrogen-bond donors (Lipinski definition) is 2. The summed E-state index contributed by atoms with van der Waals surface area (Å²) in [5, 5.41) is 9.60. The van der Waals surface area contributed by atoms with Crippen LogP contribution in [-0.2, 0) is 6.42 Å². The molecule has 1 fully saturated rings. The normalized spacial score (nSPS) is 17.1. The highest BCUT2D eigenvalue weighted by molar-refractivity contribution is 6.06. The minimum atomic E-state index is 0.267. The lowest BCUT2D eigenvalue weighted by Crippen LogP contribution is -2.40. The van der Waals surface area contributed by atoms with E-state index in [0.29, 0.717) is 6.04 Å². The fourth-order valence-electron chi connectivity index (χ4n) is 5.76. The van der Waals surface area contributed by atoms with Crippen molar-refractivity contribution in [2.24, 2.45) is 4.99 Å². The number of likely N-dealkylation sites (N-methyl/N-ethyl adjacent to an activating group) is 1. The highest BCUT2D eigenvalue weighted by Gasteiger charge is 2.20. The van der Waals surface area contributed by atoms with E-state index in [1.165, 1.54) is 24.8 Å². The fraction of sp³-hybridized carbons (Fsp3) is 0.235. The molecule has 0 radical (unpaired) electrons. The van der Waals surface area contributed by atoms with Crippen molar-refractivity contribution < 1.29 is 9.84 Å². The highest BCUT2D eigenvalue weighted by atomic mass is 16.5. The molecular weight excluding hydrogens is 496 g/mol. The number of aromatic nitrogens is 2. The molecule has 1 unspecified atom stereocenters. The topological polar surface area (TPSA) is 73.7 Å². The summed E-state index contributed by atoms with van der Waals surface area (Å²) >= 11 is 0. The summed E-state index contributed by atoms with van der Waals surface area (Å²) in [6.45, 7) is 1.89. The van der Waals surface area contributed by atoms with Gasteiger partial charge in [-0.25, -0.2) is 4.98 Å². The van der Waals surface area contributed by atoms with E-state index in [1.807, 2.05) is 24.3 Å². The van der Waals surface area contributed by atoms with Crippen LogP contribution in [0.1, 0.15) is 30.4 Å². The molecule has 1 saturated heterocycles. The maximum atomic E-state index is 9.60. The Hall–Kier alpha value is -4.42. The quantitative estimate of drug-likeness (QED) is 0.246. The molecule has 0 aliphatic carbocycles. The second-order valence-electron chi connectivity index (χ2n) is 10.9. The van der Waals surface area contributed by atoms with E-state index in [-0.39, 0.29) is 5.75 Å². The van der Waals surface area contributed by atoms with Gasteiger partial charge in [0.05, 0.1) is 22.4 Å². The monoisotopic (exact) mass is 528 g/mol. The van der Waals surface area contributed by atoms with E-state index >= 15 is 0 Å². The average Bonchev–Trinajstić information content (AvgIpc) is 3.61. The molecule has 1 aromatic heterocycles. The second kappa shape index (κ2) is 10.3. The first kappa shape index (κ1) is 24.6. The van der Waals surface area contributed by atoms with Crippen molar-refractivity contribution in [2.45, 2.75) is 31.7 Å². The second-order valence-corrected chi connectivity index (χ2v) is 10.9. The molecule has 3 heterocycles. The van der Waals surface area contributed by atoms with Gasteiger partial charge in [0.1, 0.15) is 23.9 Å². The number of phenols is 1. The van der Waals surface area contributed by atoms with Gasteiger partial charge < -0.3 is 19.7 Å². The van der Waals surface area contributed by atoms with Gasteiger partial charge in [0.2, 0.25) is 0 Å². The molecule has 5 aromatic rings. The van der Waals surface area contributed by atoms with Gasteiger partial charge in [0.15, 0.2) is 0 Å². The third-order valence-electron chi connectivity index (χ3n) is 8.21. The molecule has 1 atom stereocenters. The van der Waals surface area contributed by atoms with Crippen LogP contribution in [0.4, 0.5) is 5.69 Å². The predicted octanol–water partition coefficient (Wildman–Crippen LogP) is 7.14. The standard InChI is InChI=1S/C34H32N4O2/c1-38-17-3-2-4-27(38)21-40-29-14-9-23(10-15-29)34-36-30-16-11-25(19-33(30)37-34)24-5-6-26-20-31(35-32(26)18-24)22-7-12-28(39)13-8-22/h5-16,18-19,27,39H,2-4,17,20-21H2,1H3,(H,36,37). The fourth-order valence-corrected chi connectivity index (χ4v) is 5.76. The van der Waals surface area contributed by atoms with Crippen LogP contribution in [0.5, 0.6) is 11.5 Å². The minimum absolute atomic E-state index is 0.267. The van der Waals surface area contributed by atoms with Gasteiger partial charge >= 0.3 is 0 Å². The first-order chi connectivity index (χ1) is 19.6. The molecule has 0 bridgehead atoms. The Morgan fingerprint density at radius 2 is 1.62 bits per heavy atom. The Labute approximate surface area is 234 Å². The van der Waals surface area contributed by atoms with Gasteiger partial charge in [0, 0.05) is 18.0 Å². The predicted molar refractivity (Wildman–Crippen MR) is 161 cm³/mol. The number of benzene rings is 4. The average molecular weight is 529 g/mol. The molecule has 6 nitrogen and oxygen atoms in total. The van der Waals surface area contributed by atoms with Gasteiger partial charge in [-0.3, -0.25) is 4.99 Å². The first-order valence-electron chi connectivity index (χ1n) is 14.0. The van der Waals surface area contributed by atoms with Crippen LogP contribution >= 0.6 is 0 Å². The molecular formula is C34H32N4O2. The zero-order valence-electron chi connectivity index (χ0n) is 22.6. The van der Waals surface area contributed by atoms with Gasteiger partial charge in [-0.05, 0) is 115 Å². The van der Waals surface area contributed by atoms with Crippen molar-refractivity contribution in [3.8, 4) is 34.0 Å². The molecule has 0 amide bonds. The summed E-state index contributed by atoms with van der Waals surface area (Å²) in [4.78, 5) is 15.7. The number of H-pyrrole nitrogens is 1. The summed E-state index contributed by atoms with van der Waals surface area (Å²) in [5.74, 6) is 2.01. The van der Waals surface area contributed by atoms with Gasteiger partial charge in [-0.2, -0.15) is 0 Å². The number of aromatic amines is 1. The van der Waals surface area contributed by atoms with Crippen molar-refractivity contribution in [3.63, 3.8) is 0 Å². The Morgan fingerprint density at radius 3 is 2.45 bits per heavy atom. The van der Waals surface area contributed by atoms with Crippen LogP contribution in [-0.4, -0.2) is 51.9 Å². The Morgan fingerprint density at radius 1 is 0.875 bits per heavy atom. The van der Waals surface area contributed by atoms with E-state index in [4.69, 9.17) is 14.7 Å². The summed E-state index contributed by atoms with van der Waals surface area (Å²) in [7, 11) is 2.19. The number of likely N-dealkylation sites (tertiary alicyclic amines) is 1. The van der Waals surface area contributed by atoms with Crippen molar-refractivity contribution in [1.82, 2.24) is 14.9 Å². The minimum Gasteiger partial charge on any atom is -0.508 e. The first-order valence-corrected chi connectivity index (χ1v) is 14.0. The van der Waals surface area contributed by atoms with E-state index in [2.05, 4.69) is 65.5 Å². The van der Waals surface area contributed by atoms with E-state index in [0.717, 1.165) is 75.8 Å². The van der Waals surface area contributed by atoms with Crippen LogP contribution in [0.25, 0.3) is 33.5 Å². The molecule has 4 aromatic carbocycles. The lowest BCUT2D eigenvalue weighted by atomic mass is 10.00. The lowest BCUT2D eigenvalue weighted by molar-refractivity contribution is 0.125. The highest BCUT2D eigenvalue weighted by Crippen LogP contribution is 2.35. The summed E-state index contributed by atoms with van der Waals surface area (Å²) < 4.78 is 6.11. The van der Waals surface area contributed by atoms with Crippen molar-refractivity contribution in [1.29, 1.82) is 0 Å². The van der Waals surface area contributed by atoms with Gasteiger partial charge in [-0.1, -0.05) is 24.6 Å². The van der Waals surface area contributed by atoms with Gasteiger partial charge in [-0.15, -0.1) is 0 Å². The molecule has 2 N–H and O–H groups in total. The number of phenolic OH excluding ortho intramolecular Hbond substituents is 1. The van der Waals surface area contributed by atoms with E-state index < -0.39 is 0 Å². The van der Waals surface area contributed by atoms with E-state index in [1.54, 1.807) is 12.1 Å². The molecule has 6 heteroatoms. The molecule has 40 heavy (non-hydrogen) atoms. The van der Waals surface area contributed by atoms with Gasteiger partial charge in [0.25, 0.3) is 0 Å². The summed E-state index contributed by atoms with van der Waals surface area (Å²) in [5.41, 5.74) is 9.51. The molecule has 2 aliphatic rings. The number of hydrogen-bond acceptors (Lipinski definition) is 5. The molecule has 0 saturated carbocycles. The number of nitrogens with one attached hydrogen (secondary N) is 1. The Balaban J connectivity index is 1.08. The number of piperidine rings is 1. The van der Waals surface area contributed by atoms with Crippen LogP contribution < -0.4 is 4.74 Å². The molecule has 200 valence electrons. The van der Waals surface area contributed by atoms with Crippen molar-refractivity contribution in [2.75, 3.05) is 20.2 Å². The third-order valence-corrected chi connectivity index (χ3v) is 8.21. The number of ether oxygens (including phenoxy) is 1. The summed E-state index contributed by atoms with van der Waals surface area (Å²) in [6.07, 6.45) is 4.57. The number of imidazole rings is 1. The number of rotatable bonds is 6. The van der Waals surface area contributed by atoms with Crippen molar-refractivity contribution in [3.05, 3.63) is 96.1 Å². The number of fused-ring (bicyclic) bond motifs is 2. The van der Waals surface area contributed by atoms with Crippen LogP contribution in [0, 0.1) is 0 Å². The lowest BCUT2D eigenvalue weighted by Gasteiger charge is -2.32. The molecule has 7 rings (SSSR count). The van der Waals surface area contributed by atoms with Crippen LogP contribution in [0.15, 0.2) is 89.9 Å². The van der Waals surface area contributed by atoms with Crippen LogP contribution in [0.2, 0.25) is 0 Å². The Kier molecular flexibility index (Phi) is 6.33. The maximum Gasteiger partial charge on any atom is 0.138 e. The maximum absolute atomic E-state index is 9.60. The third kappa shape index (κ3) is 4.87. The number of aliphatic imine (C=N–C) groups is 1. The van der Waals surface area contributed by atoms with Crippen LogP contribution in [0.3, 0.4) is 0 Å². The zero-order valence-corrected chi connectivity index (χ0v) is 22.6. The van der Waals surface area contributed by atoms with E-state index in [9.17, 15) is 5.11 Å². The Bertz CT molecular complexity index is 1700. The summed E-state index contributed by atoms with van der Waals surface area (Å²) in [6, 6.07) is 28.8.